The van der Waals surface area contributed by atoms with Gasteiger partial charge in [0.2, 0.25) is 0 Å². The van der Waals surface area contributed by atoms with E-state index >= 15 is 0 Å². The Morgan fingerprint density at radius 2 is 1.54 bits per heavy atom. The van der Waals surface area contributed by atoms with Crippen LogP contribution in [0.15, 0.2) is 95.9 Å². The highest BCUT2D eigenvalue weighted by molar-refractivity contribution is 7.99. The minimum atomic E-state index is -0.796. The van der Waals surface area contributed by atoms with Gasteiger partial charge in [0.1, 0.15) is 17.6 Å². The lowest BCUT2D eigenvalue weighted by atomic mass is 9.97. The Labute approximate surface area is 220 Å². The van der Waals surface area contributed by atoms with Crippen molar-refractivity contribution < 1.29 is 28.5 Å². The van der Waals surface area contributed by atoms with E-state index in [9.17, 15) is 9.59 Å². The quantitative estimate of drug-likeness (QED) is 0.367. The van der Waals surface area contributed by atoms with Crippen molar-refractivity contribution in [3.05, 3.63) is 102 Å². The number of carbonyl (C=O) groups excluding carboxylic acids is 2. The molecule has 0 saturated carbocycles. The van der Waals surface area contributed by atoms with Crippen molar-refractivity contribution in [1.29, 1.82) is 0 Å². The van der Waals surface area contributed by atoms with Crippen LogP contribution in [0.3, 0.4) is 0 Å². The summed E-state index contributed by atoms with van der Waals surface area (Å²) in [6, 6.07) is 29.0. The molecule has 2 heterocycles. The molecule has 37 heavy (non-hydrogen) atoms. The number of hydrogen-bond donors (Lipinski definition) is 0. The Kier molecular flexibility index (Phi) is 8.08. The predicted molar refractivity (Wildman–Crippen MR) is 139 cm³/mol. The second-order valence-electron chi connectivity index (χ2n) is 9.00. The van der Waals surface area contributed by atoms with E-state index in [-0.39, 0.29) is 6.61 Å². The fraction of sp³-hybridized carbons (Fsp3) is 0.310. The molecule has 0 radical (unpaired) electrons. The van der Waals surface area contributed by atoms with Gasteiger partial charge in [-0.25, -0.2) is 4.79 Å². The first-order valence-electron chi connectivity index (χ1n) is 12.3. The van der Waals surface area contributed by atoms with Crippen LogP contribution >= 0.6 is 11.8 Å². The van der Waals surface area contributed by atoms with Gasteiger partial charge in [0.25, 0.3) is 0 Å². The molecule has 0 aliphatic carbocycles. The molecule has 2 saturated heterocycles. The second kappa shape index (κ2) is 11.8. The standard InChI is InChI=1S/C29H29NO6S/c1-20(31)34-26-24(19-33-18-22-13-7-3-8-14-22)35-28(37-23-15-9-4-10-16-23)25-27(26)36-29(32)30(25)17-21-11-5-2-6-12-21/h2-16,24-28H,17-19H2,1H3/t24-,25-,26-,27-,28+/m1/s1. The fourth-order valence-electron chi connectivity index (χ4n) is 4.67. The number of hydrogen-bond acceptors (Lipinski definition) is 7. The number of carbonyl (C=O) groups is 2. The van der Waals surface area contributed by atoms with Crippen molar-refractivity contribution in [2.45, 2.75) is 54.8 Å². The first kappa shape index (κ1) is 25.3. The zero-order valence-electron chi connectivity index (χ0n) is 20.5. The molecule has 0 N–H and O–H groups in total. The van der Waals surface area contributed by atoms with E-state index in [1.165, 1.54) is 18.7 Å². The molecule has 3 aromatic rings. The summed E-state index contributed by atoms with van der Waals surface area (Å²) >= 11 is 1.52. The Bertz CT molecular complexity index is 1180. The third-order valence-electron chi connectivity index (χ3n) is 6.33. The van der Waals surface area contributed by atoms with Crippen LogP contribution in [0, 0.1) is 0 Å². The van der Waals surface area contributed by atoms with Crippen molar-refractivity contribution in [3.8, 4) is 0 Å². The molecular weight excluding hydrogens is 490 g/mol. The van der Waals surface area contributed by atoms with Crippen molar-refractivity contribution in [1.82, 2.24) is 4.90 Å². The highest BCUT2D eigenvalue weighted by Crippen LogP contribution is 2.41. The van der Waals surface area contributed by atoms with Crippen LogP contribution in [0.2, 0.25) is 0 Å². The lowest BCUT2D eigenvalue weighted by Gasteiger charge is -2.43. The summed E-state index contributed by atoms with van der Waals surface area (Å²) in [5.74, 6) is -0.466. The summed E-state index contributed by atoms with van der Waals surface area (Å²) in [4.78, 5) is 27.9. The SMILES string of the molecule is CC(=O)O[C@H]1[C@@H]2OC(=O)N(Cc3ccccc3)[C@H]2[C@H](Sc2ccccc2)O[C@@H]1COCc1ccccc1. The van der Waals surface area contributed by atoms with Gasteiger partial charge < -0.3 is 18.9 Å². The zero-order chi connectivity index (χ0) is 25.6. The largest absolute Gasteiger partial charge is 0.456 e. The van der Waals surface area contributed by atoms with E-state index in [0.29, 0.717) is 13.2 Å². The molecular formula is C29H29NO6S. The molecule has 192 valence electrons. The predicted octanol–water partition coefficient (Wildman–Crippen LogP) is 5.04. The van der Waals surface area contributed by atoms with Gasteiger partial charge in [0.05, 0.1) is 13.2 Å². The minimum Gasteiger partial charge on any atom is -0.456 e. The van der Waals surface area contributed by atoms with Crippen molar-refractivity contribution in [2.24, 2.45) is 0 Å². The number of benzene rings is 3. The summed E-state index contributed by atoms with van der Waals surface area (Å²) in [5.41, 5.74) is 1.54. The highest BCUT2D eigenvalue weighted by atomic mass is 32.2. The minimum absolute atomic E-state index is 0.179. The molecule has 2 aliphatic rings. The molecule has 0 aromatic heterocycles. The van der Waals surface area contributed by atoms with Crippen LogP contribution in [0.25, 0.3) is 0 Å². The van der Waals surface area contributed by atoms with Crippen LogP contribution in [-0.4, -0.2) is 53.4 Å². The third kappa shape index (κ3) is 6.15. The number of amides is 1. The lowest BCUT2D eigenvalue weighted by molar-refractivity contribution is -0.195. The van der Waals surface area contributed by atoms with E-state index in [1.807, 2.05) is 91.0 Å². The molecule has 7 nitrogen and oxygen atoms in total. The van der Waals surface area contributed by atoms with Gasteiger partial charge in [0.15, 0.2) is 12.2 Å². The summed E-state index contributed by atoms with van der Waals surface area (Å²) in [7, 11) is 0. The number of esters is 1. The van der Waals surface area contributed by atoms with Crippen molar-refractivity contribution in [2.75, 3.05) is 6.61 Å². The molecule has 1 amide bonds. The molecule has 3 aromatic carbocycles. The first-order valence-corrected chi connectivity index (χ1v) is 13.1. The summed E-state index contributed by atoms with van der Waals surface area (Å²) in [5, 5.41) is 0. The Morgan fingerprint density at radius 1 is 0.919 bits per heavy atom. The average molecular weight is 520 g/mol. The van der Waals surface area contributed by atoms with Gasteiger partial charge >= 0.3 is 12.1 Å². The maximum atomic E-state index is 13.1. The zero-order valence-corrected chi connectivity index (χ0v) is 21.3. The Balaban J connectivity index is 1.41. The topological polar surface area (TPSA) is 74.3 Å². The first-order chi connectivity index (χ1) is 18.1. The van der Waals surface area contributed by atoms with Crippen LogP contribution in [0.5, 0.6) is 0 Å². The van der Waals surface area contributed by atoms with Crippen LogP contribution in [-0.2, 0) is 36.9 Å². The maximum Gasteiger partial charge on any atom is 0.411 e. The van der Waals surface area contributed by atoms with E-state index in [0.717, 1.165) is 16.0 Å². The third-order valence-corrected chi connectivity index (χ3v) is 7.50. The maximum absolute atomic E-state index is 13.1. The van der Waals surface area contributed by atoms with Gasteiger partial charge in [0, 0.05) is 18.4 Å². The van der Waals surface area contributed by atoms with Crippen LogP contribution in [0.4, 0.5) is 4.79 Å². The van der Waals surface area contributed by atoms with Gasteiger partial charge in [-0.3, -0.25) is 9.69 Å². The smallest absolute Gasteiger partial charge is 0.411 e. The van der Waals surface area contributed by atoms with E-state index in [2.05, 4.69) is 0 Å². The molecule has 0 spiro atoms. The Hall–Kier alpha value is -3.33. The molecule has 5 atom stereocenters. The molecule has 5 rings (SSSR count). The van der Waals surface area contributed by atoms with Crippen molar-refractivity contribution >= 4 is 23.8 Å². The molecule has 2 fully saturated rings. The van der Waals surface area contributed by atoms with Crippen LogP contribution in [0.1, 0.15) is 18.1 Å². The Morgan fingerprint density at radius 3 is 2.19 bits per heavy atom. The van der Waals surface area contributed by atoms with E-state index in [1.54, 1.807) is 4.90 Å². The van der Waals surface area contributed by atoms with Gasteiger partial charge in [-0.1, -0.05) is 90.6 Å². The lowest BCUT2D eigenvalue weighted by Crippen LogP contribution is -2.60. The van der Waals surface area contributed by atoms with E-state index in [4.69, 9.17) is 18.9 Å². The molecule has 0 bridgehead atoms. The number of thioether (sulfide) groups is 1. The number of fused-ring (bicyclic) bond motifs is 1. The normalized spacial score (nSPS) is 24.8. The van der Waals surface area contributed by atoms with Crippen molar-refractivity contribution in [3.63, 3.8) is 0 Å². The monoisotopic (exact) mass is 519 g/mol. The summed E-state index contributed by atoms with van der Waals surface area (Å²) in [6.07, 6.45) is -2.56. The number of ether oxygens (including phenoxy) is 4. The summed E-state index contributed by atoms with van der Waals surface area (Å²) < 4.78 is 24.1. The van der Waals surface area contributed by atoms with Gasteiger partial charge in [-0.05, 0) is 23.3 Å². The van der Waals surface area contributed by atoms with Crippen LogP contribution < -0.4 is 0 Å². The molecule has 2 aliphatic heterocycles. The highest BCUT2D eigenvalue weighted by Gasteiger charge is 2.57. The number of nitrogens with zero attached hydrogens (tertiary/aromatic N) is 1. The van der Waals surface area contributed by atoms with Gasteiger partial charge in [-0.15, -0.1) is 0 Å². The summed E-state index contributed by atoms with van der Waals surface area (Å²) in [6.45, 7) is 2.27. The number of rotatable bonds is 9. The molecule has 8 heteroatoms. The second-order valence-corrected chi connectivity index (χ2v) is 10.2. The van der Waals surface area contributed by atoms with E-state index < -0.39 is 41.9 Å². The average Bonchev–Trinajstić information content (AvgIpc) is 3.23. The fourth-order valence-corrected chi connectivity index (χ4v) is 5.90. The molecule has 0 unspecified atom stereocenters. The van der Waals surface area contributed by atoms with Gasteiger partial charge in [-0.2, -0.15) is 0 Å².